The van der Waals surface area contributed by atoms with Crippen molar-refractivity contribution < 1.29 is 4.79 Å². The van der Waals surface area contributed by atoms with Crippen molar-refractivity contribution in [2.45, 2.75) is 19.0 Å². The lowest BCUT2D eigenvalue weighted by molar-refractivity contribution is 0.0698. The zero-order valence-electron chi connectivity index (χ0n) is 15.3. The number of hydrogen-bond acceptors (Lipinski definition) is 2. The summed E-state index contributed by atoms with van der Waals surface area (Å²) in [4.78, 5) is 14.9. The average molecular weight is 356 g/mol. The van der Waals surface area contributed by atoms with Gasteiger partial charge in [-0.05, 0) is 30.0 Å². The first-order valence-corrected chi connectivity index (χ1v) is 9.54. The molecule has 3 aromatic carbocycles. The first kappa shape index (κ1) is 17.5. The summed E-state index contributed by atoms with van der Waals surface area (Å²) in [6, 6.07) is 28.8. The maximum Gasteiger partial charge on any atom is 0.255 e. The number of benzene rings is 3. The second-order valence-corrected chi connectivity index (χ2v) is 6.91. The molecule has 0 aliphatic carbocycles. The Balaban J connectivity index is 1.47. The molecule has 1 aliphatic rings. The molecule has 0 fully saturated rings. The standard InChI is InChI=1S/C24H24N2O/c27-24-22-14-8-7-13-21(22)23(25-17-15-19-9-3-1-4-10-19)26(24)18-16-20-11-5-2-6-12-20/h1-14,23,25H,15-18H2/t23-/m0/s1. The van der Waals surface area contributed by atoms with Crippen LogP contribution in [0.15, 0.2) is 84.9 Å². The van der Waals surface area contributed by atoms with Gasteiger partial charge in [0.1, 0.15) is 6.17 Å². The highest BCUT2D eigenvalue weighted by Gasteiger charge is 2.35. The van der Waals surface area contributed by atoms with Gasteiger partial charge in [0.05, 0.1) is 0 Å². The van der Waals surface area contributed by atoms with E-state index in [1.807, 2.05) is 47.4 Å². The van der Waals surface area contributed by atoms with Gasteiger partial charge in [-0.15, -0.1) is 0 Å². The largest absolute Gasteiger partial charge is 0.319 e. The van der Waals surface area contributed by atoms with Crippen LogP contribution in [0.25, 0.3) is 0 Å². The predicted octanol–water partition coefficient (Wildman–Crippen LogP) is 4.22. The topological polar surface area (TPSA) is 32.3 Å². The van der Waals surface area contributed by atoms with Crippen LogP contribution < -0.4 is 5.32 Å². The van der Waals surface area contributed by atoms with Crippen LogP contribution in [0.3, 0.4) is 0 Å². The number of nitrogens with one attached hydrogen (secondary N) is 1. The quantitative estimate of drug-likeness (QED) is 0.687. The van der Waals surface area contributed by atoms with Gasteiger partial charge in [0.2, 0.25) is 0 Å². The number of carbonyl (C=O) groups is 1. The molecule has 1 aliphatic heterocycles. The van der Waals surface area contributed by atoms with Crippen molar-refractivity contribution in [3.8, 4) is 0 Å². The summed E-state index contributed by atoms with van der Waals surface area (Å²) < 4.78 is 0. The molecule has 27 heavy (non-hydrogen) atoms. The molecule has 4 rings (SSSR count). The lowest BCUT2D eigenvalue weighted by Crippen LogP contribution is -2.38. The maximum absolute atomic E-state index is 12.9. The minimum Gasteiger partial charge on any atom is -0.319 e. The molecule has 3 nitrogen and oxygen atoms in total. The molecular weight excluding hydrogens is 332 g/mol. The molecule has 0 spiro atoms. The zero-order chi connectivity index (χ0) is 18.5. The Morgan fingerprint density at radius 3 is 2.04 bits per heavy atom. The van der Waals surface area contributed by atoms with Crippen LogP contribution in [0.5, 0.6) is 0 Å². The van der Waals surface area contributed by atoms with Crippen LogP contribution in [-0.4, -0.2) is 23.9 Å². The van der Waals surface area contributed by atoms with Crippen molar-refractivity contribution in [2.75, 3.05) is 13.1 Å². The van der Waals surface area contributed by atoms with E-state index >= 15 is 0 Å². The van der Waals surface area contributed by atoms with Gasteiger partial charge in [-0.25, -0.2) is 0 Å². The molecule has 0 saturated carbocycles. The molecule has 1 amide bonds. The number of carbonyl (C=O) groups excluding carboxylic acids is 1. The second kappa shape index (κ2) is 8.19. The Morgan fingerprint density at radius 1 is 0.741 bits per heavy atom. The Labute approximate surface area is 160 Å². The molecule has 1 N–H and O–H groups in total. The van der Waals surface area contributed by atoms with E-state index < -0.39 is 0 Å². The Kier molecular flexibility index (Phi) is 5.31. The first-order chi connectivity index (χ1) is 13.3. The van der Waals surface area contributed by atoms with Gasteiger partial charge in [0.25, 0.3) is 5.91 Å². The SMILES string of the molecule is O=C1c2ccccc2[C@@H](NCCc2ccccc2)N1CCc1ccccc1. The van der Waals surface area contributed by atoms with Crippen LogP contribution in [0, 0.1) is 0 Å². The summed E-state index contributed by atoms with van der Waals surface area (Å²) in [5, 5.41) is 3.61. The molecule has 136 valence electrons. The van der Waals surface area contributed by atoms with E-state index in [0.29, 0.717) is 6.54 Å². The first-order valence-electron chi connectivity index (χ1n) is 9.54. The molecule has 0 saturated heterocycles. The highest BCUT2D eigenvalue weighted by atomic mass is 16.2. The minimum absolute atomic E-state index is 0.0545. The molecule has 3 aromatic rings. The van der Waals surface area contributed by atoms with Crippen molar-refractivity contribution in [1.29, 1.82) is 0 Å². The van der Waals surface area contributed by atoms with Crippen molar-refractivity contribution in [2.24, 2.45) is 0 Å². The van der Waals surface area contributed by atoms with Gasteiger partial charge < -0.3 is 4.90 Å². The summed E-state index contributed by atoms with van der Waals surface area (Å²) in [5.41, 5.74) is 4.47. The van der Waals surface area contributed by atoms with Gasteiger partial charge in [-0.3, -0.25) is 10.1 Å². The Morgan fingerprint density at radius 2 is 1.33 bits per heavy atom. The molecule has 0 bridgehead atoms. The fourth-order valence-electron chi connectivity index (χ4n) is 3.71. The summed E-state index contributed by atoms with van der Waals surface area (Å²) in [6.45, 7) is 1.54. The Hall–Kier alpha value is -2.91. The van der Waals surface area contributed by atoms with E-state index in [9.17, 15) is 4.79 Å². The molecule has 1 heterocycles. The fraction of sp³-hybridized carbons (Fsp3) is 0.208. The van der Waals surface area contributed by atoms with Crippen LogP contribution >= 0.6 is 0 Å². The third-order valence-electron chi connectivity index (χ3n) is 5.14. The second-order valence-electron chi connectivity index (χ2n) is 6.91. The molecule has 1 atom stereocenters. The van der Waals surface area contributed by atoms with E-state index in [0.717, 1.165) is 30.5 Å². The van der Waals surface area contributed by atoms with Gasteiger partial charge in [-0.1, -0.05) is 78.9 Å². The minimum atomic E-state index is -0.0545. The van der Waals surface area contributed by atoms with Crippen molar-refractivity contribution in [3.05, 3.63) is 107 Å². The molecule has 0 aromatic heterocycles. The number of nitrogens with zero attached hydrogens (tertiary/aromatic N) is 1. The maximum atomic E-state index is 12.9. The summed E-state index contributed by atoms with van der Waals surface area (Å²) >= 11 is 0. The smallest absolute Gasteiger partial charge is 0.255 e. The molecule has 0 radical (unpaired) electrons. The van der Waals surface area contributed by atoms with Crippen LogP contribution in [0.4, 0.5) is 0 Å². The Bertz CT molecular complexity index is 893. The fourth-order valence-corrected chi connectivity index (χ4v) is 3.71. The van der Waals surface area contributed by atoms with Crippen LogP contribution in [0.2, 0.25) is 0 Å². The number of hydrogen-bond donors (Lipinski definition) is 1. The van der Waals surface area contributed by atoms with Gasteiger partial charge in [0, 0.05) is 24.2 Å². The van der Waals surface area contributed by atoms with E-state index in [4.69, 9.17) is 0 Å². The van der Waals surface area contributed by atoms with Gasteiger partial charge >= 0.3 is 0 Å². The zero-order valence-corrected chi connectivity index (χ0v) is 15.3. The van der Waals surface area contributed by atoms with Crippen molar-refractivity contribution in [3.63, 3.8) is 0 Å². The van der Waals surface area contributed by atoms with E-state index in [-0.39, 0.29) is 12.1 Å². The summed E-state index contributed by atoms with van der Waals surface area (Å²) in [5.74, 6) is 0.124. The van der Waals surface area contributed by atoms with E-state index in [2.05, 4.69) is 47.8 Å². The van der Waals surface area contributed by atoms with Gasteiger partial charge in [0.15, 0.2) is 0 Å². The summed E-state index contributed by atoms with van der Waals surface area (Å²) in [6.07, 6.45) is 1.75. The third-order valence-corrected chi connectivity index (χ3v) is 5.14. The van der Waals surface area contributed by atoms with Crippen LogP contribution in [0.1, 0.15) is 33.2 Å². The molecule has 0 unspecified atom stereocenters. The molecular formula is C24H24N2O. The number of fused-ring (bicyclic) bond motifs is 1. The lowest BCUT2D eigenvalue weighted by Gasteiger charge is -2.26. The van der Waals surface area contributed by atoms with Crippen molar-refractivity contribution >= 4 is 5.91 Å². The normalized spacial score (nSPS) is 15.8. The van der Waals surface area contributed by atoms with E-state index in [1.165, 1.54) is 11.1 Å². The summed E-state index contributed by atoms with van der Waals surface area (Å²) in [7, 11) is 0. The highest BCUT2D eigenvalue weighted by Crippen LogP contribution is 2.31. The van der Waals surface area contributed by atoms with E-state index in [1.54, 1.807) is 0 Å². The van der Waals surface area contributed by atoms with Crippen molar-refractivity contribution in [1.82, 2.24) is 10.2 Å². The monoisotopic (exact) mass is 356 g/mol. The third kappa shape index (κ3) is 3.93. The lowest BCUT2D eigenvalue weighted by atomic mass is 10.1. The average Bonchev–Trinajstić information content (AvgIpc) is 3.00. The van der Waals surface area contributed by atoms with Crippen LogP contribution in [-0.2, 0) is 12.8 Å². The highest BCUT2D eigenvalue weighted by molar-refractivity contribution is 5.99. The predicted molar refractivity (Wildman–Crippen MR) is 109 cm³/mol. The number of amides is 1. The number of rotatable bonds is 7. The molecule has 3 heteroatoms. The van der Waals surface area contributed by atoms with Gasteiger partial charge in [-0.2, -0.15) is 0 Å².